The highest BCUT2D eigenvalue weighted by Gasteiger charge is 2.14. The number of nitro groups is 1. The molecule has 7 nitrogen and oxygen atoms in total. The van der Waals surface area contributed by atoms with Crippen molar-refractivity contribution in [3.63, 3.8) is 0 Å². The standard InChI is InChI=1S/C15H18N2O5/c1-15(2,3)16-13(18)10-22-14(19)9-6-11-4-7-12(8-5-11)17(20)21/h4-9H,10H2,1-3H3,(H,16,18). The van der Waals surface area contributed by atoms with Crippen LogP contribution in [0.1, 0.15) is 26.3 Å². The molecule has 1 amide bonds. The zero-order valence-corrected chi connectivity index (χ0v) is 12.7. The van der Waals surface area contributed by atoms with E-state index in [1.54, 1.807) is 0 Å². The van der Waals surface area contributed by atoms with Crippen molar-refractivity contribution >= 4 is 23.6 Å². The van der Waals surface area contributed by atoms with Crippen molar-refractivity contribution in [3.8, 4) is 0 Å². The molecule has 0 aliphatic heterocycles. The summed E-state index contributed by atoms with van der Waals surface area (Å²) < 4.78 is 4.79. The van der Waals surface area contributed by atoms with Crippen molar-refractivity contribution in [2.45, 2.75) is 26.3 Å². The Bertz CT molecular complexity index is 585. The maximum Gasteiger partial charge on any atom is 0.331 e. The van der Waals surface area contributed by atoms with Crippen LogP contribution in [-0.2, 0) is 14.3 Å². The molecule has 0 atom stereocenters. The van der Waals surface area contributed by atoms with Gasteiger partial charge < -0.3 is 10.1 Å². The van der Waals surface area contributed by atoms with Crippen molar-refractivity contribution in [1.82, 2.24) is 5.32 Å². The van der Waals surface area contributed by atoms with E-state index in [1.165, 1.54) is 30.3 Å². The molecule has 0 heterocycles. The summed E-state index contributed by atoms with van der Waals surface area (Å²) in [5.41, 5.74) is 0.193. The van der Waals surface area contributed by atoms with E-state index in [1.807, 2.05) is 20.8 Å². The number of amides is 1. The SMILES string of the molecule is CC(C)(C)NC(=O)COC(=O)C=Cc1ccc([N+](=O)[O-])cc1. The molecule has 0 bridgehead atoms. The van der Waals surface area contributed by atoms with Crippen LogP contribution in [0.25, 0.3) is 6.08 Å². The Morgan fingerprint density at radius 3 is 2.36 bits per heavy atom. The average molecular weight is 306 g/mol. The summed E-state index contributed by atoms with van der Waals surface area (Å²) in [5.74, 6) is -1.05. The predicted molar refractivity (Wildman–Crippen MR) is 81.0 cm³/mol. The molecule has 7 heteroatoms. The lowest BCUT2D eigenvalue weighted by Gasteiger charge is -2.20. The Kier molecular flexibility index (Phi) is 5.80. The van der Waals surface area contributed by atoms with Crippen LogP contribution in [0.15, 0.2) is 30.3 Å². The monoisotopic (exact) mass is 306 g/mol. The molecule has 0 aliphatic rings. The fourth-order valence-corrected chi connectivity index (χ4v) is 1.51. The Balaban J connectivity index is 2.47. The molecule has 0 fully saturated rings. The van der Waals surface area contributed by atoms with Gasteiger partial charge in [-0.15, -0.1) is 0 Å². The van der Waals surface area contributed by atoms with E-state index in [-0.39, 0.29) is 18.2 Å². The second kappa shape index (κ2) is 7.35. The number of benzene rings is 1. The van der Waals surface area contributed by atoms with Gasteiger partial charge in [0.1, 0.15) is 0 Å². The average Bonchev–Trinajstić information content (AvgIpc) is 2.41. The minimum atomic E-state index is -0.664. The van der Waals surface area contributed by atoms with Crippen LogP contribution in [0.2, 0.25) is 0 Å². The van der Waals surface area contributed by atoms with Gasteiger partial charge in [-0.25, -0.2) is 4.79 Å². The number of nitrogens with one attached hydrogen (secondary N) is 1. The second-order valence-corrected chi connectivity index (χ2v) is 5.59. The Morgan fingerprint density at radius 1 is 1.27 bits per heavy atom. The summed E-state index contributed by atoms with van der Waals surface area (Å²) >= 11 is 0. The quantitative estimate of drug-likeness (QED) is 0.388. The molecule has 1 N–H and O–H groups in total. The molecule has 0 saturated heterocycles. The van der Waals surface area contributed by atoms with Crippen LogP contribution in [0.3, 0.4) is 0 Å². The second-order valence-electron chi connectivity index (χ2n) is 5.59. The van der Waals surface area contributed by atoms with E-state index in [9.17, 15) is 19.7 Å². The topological polar surface area (TPSA) is 98.5 Å². The highest BCUT2D eigenvalue weighted by molar-refractivity contribution is 5.89. The lowest BCUT2D eigenvalue weighted by molar-refractivity contribution is -0.384. The van der Waals surface area contributed by atoms with Gasteiger partial charge >= 0.3 is 5.97 Å². The lowest BCUT2D eigenvalue weighted by Crippen LogP contribution is -2.42. The first-order valence-electron chi connectivity index (χ1n) is 6.58. The number of nitro benzene ring substituents is 1. The summed E-state index contributed by atoms with van der Waals surface area (Å²) in [6.07, 6.45) is 2.61. The minimum absolute atomic E-state index is 0.0291. The molecule has 1 aromatic rings. The maximum absolute atomic E-state index is 11.5. The highest BCUT2D eigenvalue weighted by atomic mass is 16.6. The van der Waals surface area contributed by atoms with E-state index in [2.05, 4.69) is 5.32 Å². The van der Waals surface area contributed by atoms with Crippen molar-refractivity contribution < 1.29 is 19.2 Å². The number of rotatable bonds is 5. The molecule has 118 valence electrons. The minimum Gasteiger partial charge on any atom is -0.452 e. The summed E-state index contributed by atoms with van der Waals surface area (Å²) in [6.45, 7) is 5.10. The summed E-state index contributed by atoms with van der Waals surface area (Å²) in [5, 5.41) is 13.2. The maximum atomic E-state index is 11.5. The first-order valence-corrected chi connectivity index (χ1v) is 6.58. The third kappa shape index (κ3) is 6.65. The van der Waals surface area contributed by atoms with Crippen LogP contribution in [-0.4, -0.2) is 28.9 Å². The zero-order valence-electron chi connectivity index (χ0n) is 12.7. The predicted octanol–water partition coefficient (Wildman–Crippen LogP) is 2.07. The first-order chi connectivity index (χ1) is 10.2. The van der Waals surface area contributed by atoms with Crippen molar-refractivity contribution in [1.29, 1.82) is 0 Å². The summed E-state index contributed by atoms with van der Waals surface area (Å²) in [4.78, 5) is 32.9. The van der Waals surface area contributed by atoms with Crippen LogP contribution < -0.4 is 5.32 Å². The van der Waals surface area contributed by atoms with Gasteiger partial charge in [0.25, 0.3) is 11.6 Å². The third-order valence-electron chi connectivity index (χ3n) is 2.38. The fraction of sp³-hybridized carbons (Fsp3) is 0.333. The number of nitrogens with zero attached hydrogens (tertiary/aromatic N) is 1. The lowest BCUT2D eigenvalue weighted by atomic mass is 10.1. The molecule has 0 unspecified atom stereocenters. The molecule has 0 saturated carbocycles. The Morgan fingerprint density at radius 2 is 1.86 bits per heavy atom. The van der Waals surface area contributed by atoms with E-state index in [0.717, 1.165) is 6.08 Å². The number of carbonyl (C=O) groups is 2. The van der Waals surface area contributed by atoms with Crippen molar-refractivity contribution in [3.05, 3.63) is 46.0 Å². The van der Waals surface area contributed by atoms with Gasteiger partial charge in [-0.1, -0.05) is 0 Å². The van der Waals surface area contributed by atoms with E-state index < -0.39 is 16.4 Å². The Hall–Kier alpha value is -2.70. The van der Waals surface area contributed by atoms with E-state index >= 15 is 0 Å². The molecular formula is C15H18N2O5. The molecule has 22 heavy (non-hydrogen) atoms. The van der Waals surface area contributed by atoms with E-state index in [0.29, 0.717) is 5.56 Å². The summed E-state index contributed by atoms with van der Waals surface area (Å²) in [7, 11) is 0. The van der Waals surface area contributed by atoms with Gasteiger partial charge in [0.2, 0.25) is 0 Å². The van der Waals surface area contributed by atoms with Crippen LogP contribution in [0.5, 0.6) is 0 Å². The fourth-order valence-electron chi connectivity index (χ4n) is 1.51. The number of carbonyl (C=O) groups excluding carboxylic acids is 2. The highest BCUT2D eigenvalue weighted by Crippen LogP contribution is 2.12. The third-order valence-corrected chi connectivity index (χ3v) is 2.38. The molecule has 0 spiro atoms. The van der Waals surface area contributed by atoms with Gasteiger partial charge in [0.15, 0.2) is 6.61 Å². The van der Waals surface area contributed by atoms with Crippen LogP contribution in [0.4, 0.5) is 5.69 Å². The number of non-ortho nitro benzene ring substituents is 1. The Labute approximate surface area is 128 Å². The van der Waals surface area contributed by atoms with E-state index in [4.69, 9.17) is 4.74 Å². The van der Waals surface area contributed by atoms with Crippen LogP contribution >= 0.6 is 0 Å². The molecule has 1 aromatic carbocycles. The van der Waals surface area contributed by atoms with Gasteiger partial charge in [-0.3, -0.25) is 14.9 Å². The molecule has 1 rings (SSSR count). The summed E-state index contributed by atoms with van der Waals surface area (Å²) in [6, 6.07) is 5.69. The smallest absolute Gasteiger partial charge is 0.331 e. The van der Waals surface area contributed by atoms with Crippen LogP contribution in [0, 0.1) is 10.1 Å². The van der Waals surface area contributed by atoms with Gasteiger partial charge in [0.05, 0.1) is 4.92 Å². The van der Waals surface area contributed by atoms with Crippen molar-refractivity contribution in [2.75, 3.05) is 6.61 Å². The van der Waals surface area contributed by atoms with Gasteiger partial charge in [0, 0.05) is 23.7 Å². The number of hydrogen-bond donors (Lipinski definition) is 1. The largest absolute Gasteiger partial charge is 0.452 e. The molecule has 0 radical (unpaired) electrons. The van der Waals surface area contributed by atoms with Crippen molar-refractivity contribution in [2.24, 2.45) is 0 Å². The number of ether oxygens (including phenoxy) is 1. The van der Waals surface area contributed by atoms with Gasteiger partial charge in [-0.05, 0) is 44.5 Å². The zero-order chi connectivity index (χ0) is 16.8. The normalized spacial score (nSPS) is 11.2. The van der Waals surface area contributed by atoms with Gasteiger partial charge in [-0.2, -0.15) is 0 Å². The number of esters is 1. The molecule has 0 aromatic heterocycles. The molecule has 0 aliphatic carbocycles. The first kappa shape index (κ1) is 17.4. The molecular weight excluding hydrogens is 288 g/mol. The number of hydrogen-bond acceptors (Lipinski definition) is 5.